The Morgan fingerprint density at radius 2 is 0.629 bits per heavy atom. The van der Waals surface area contributed by atoms with Crippen molar-refractivity contribution < 1.29 is 28.6 Å². The van der Waals surface area contributed by atoms with E-state index in [-0.39, 0.29) is 31.1 Å². The van der Waals surface area contributed by atoms with Crippen molar-refractivity contribution in [3.63, 3.8) is 0 Å². The summed E-state index contributed by atoms with van der Waals surface area (Å²) in [4.78, 5) is 37.9. The molecule has 0 aromatic rings. The zero-order chi connectivity index (χ0) is 45.1. The van der Waals surface area contributed by atoms with E-state index < -0.39 is 6.10 Å². The van der Waals surface area contributed by atoms with Crippen LogP contribution in [0.15, 0.2) is 60.8 Å². The molecule has 0 spiro atoms. The van der Waals surface area contributed by atoms with Gasteiger partial charge in [0.2, 0.25) is 0 Å². The monoisotopic (exact) mass is 867 g/mol. The van der Waals surface area contributed by atoms with Crippen LogP contribution in [0.4, 0.5) is 0 Å². The number of esters is 3. The van der Waals surface area contributed by atoms with Gasteiger partial charge in [0.1, 0.15) is 13.2 Å². The molecule has 0 aromatic carbocycles. The number of allylic oxidation sites excluding steroid dienone is 10. The first-order chi connectivity index (χ1) is 30.5. The van der Waals surface area contributed by atoms with Gasteiger partial charge in [0.25, 0.3) is 0 Å². The second-order valence-corrected chi connectivity index (χ2v) is 17.4. The summed E-state index contributed by atoms with van der Waals surface area (Å²) < 4.78 is 16.8. The van der Waals surface area contributed by atoms with E-state index in [0.29, 0.717) is 19.3 Å². The largest absolute Gasteiger partial charge is 0.462 e. The molecule has 0 N–H and O–H groups in total. The van der Waals surface area contributed by atoms with Gasteiger partial charge in [0, 0.05) is 19.3 Å². The van der Waals surface area contributed by atoms with Gasteiger partial charge in [-0.3, -0.25) is 14.4 Å². The number of ether oxygens (including phenoxy) is 3. The highest BCUT2D eigenvalue weighted by Gasteiger charge is 2.19. The third kappa shape index (κ3) is 48.1. The second kappa shape index (κ2) is 50.8. The number of hydrogen-bond acceptors (Lipinski definition) is 6. The van der Waals surface area contributed by atoms with Crippen LogP contribution in [0.5, 0.6) is 0 Å². The van der Waals surface area contributed by atoms with Gasteiger partial charge in [-0.25, -0.2) is 0 Å². The van der Waals surface area contributed by atoms with Crippen molar-refractivity contribution in [1.82, 2.24) is 0 Å². The summed E-state index contributed by atoms with van der Waals surface area (Å²) >= 11 is 0. The zero-order valence-electron chi connectivity index (χ0n) is 40.9. The summed E-state index contributed by atoms with van der Waals surface area (Å²) in [5.74, 6) is -0.910. The van der Waals surface area contributed by atoms with E-state index in [9.17, 15) is 14.4 Å². The van der Waals surface area contributed by atoms with Crippen LogP contribution in [-0.2, 0) is 28.6 Å². The normalized spacial score (nSPS) is 12.5. The predicted octanol–water partition coefficient (Wildman–Crippen LogP) is 17.3. The second-order valence-electron chi connectivity index (χ2n) is 17.4. The minimum atomic E-state index is -0.785. The Kier molecular flexibility index (Phi) is 48.4. The molecule has 0 aliphatic rings. The minimum absolute atomic E-state index is 0.0842. The fraction of sp³-hybridized carbons (Fsp3) is 0.768. The van der Waals surface area contributed by atoms with E-state index in [1.54, 1.807) is 0 Å². The average Bonchev–Trinajstić information content (AvgIpc) is 3.27. The van der Waals surface area contributed by atoms with Gasteiger partial charge in [0.05, 0.1) is 0 Å². The van der Waals surface area contributed by atoms with Crippen LogP contribution < -0.4 is 0 Å². The number of carbonyl (C=O) groups excluding carboxylic acids is 3. The Hall–Kier alpha value is -2.89. The molecule has 0 aliphatic carbocycles. The SMILES string of the molecule is CC/C=C\C/C=C\C/C=C\C/C=C\CCCCCCC(=O)OC(COC(=O)CCCCCCCCC/C=C\CCCCCCCCC)COC(=O)CCCCCCCCCCC. The quantitative estimate of drug-likeness (QED) is 0.0262. The molecule has 0 radical (unpaired) electrons. The lowest BCUT2D eigenvalue weighted by atomic mass is 10.1. The van der Waals surface area contributed by atoms with E-state index in [0.717, 1.165) is 96.3 Å². The van der Waals surface area contributed by atoms with Gasteiger partial charge in [-0.15, -0.1) is 0 Å². The smallest absolute Gasteiger partial charge is 0.306 e. The molecule has 0 heterocycles. The van der Waals surface area contributed by atoms with E-state index in [1.807, 2.05) is 0 Å². The van der Waals surface area contributed by atoms with Crippen molar-refractivity contribution in [2.45, 2.75) is 264 Å². The summed E-state index contributed by atoms with van der Waals surface area (Å²) in [5, 5.41) is 0. The van der Waals surface area contributed by atoms with Crippen LogP contribution in [0.3, 0.4) is 0 Å². The predicted molar refractivity (Wildman–Crippen MR) is 265 cm³/mol. The van der Waals surface area contributed by atoms with Crippen molar-refractivity contribution in [2.75, 3.05) is 13.2 Å². The van der Waals surface area contributed by atoms with E-state index >= 15 is 0 Å². The molecule has 0 fully saturated rings. The third-order valence-corrected chi connectivity index (χ3v) is 11.3. The van der Waals surface area contributed by atoms with Crippen LogP contribution in [0.25, 0.3) is 0 Å². The maximum absolute atomic E-state index is 12.8. The molecule has 0 bridgehead atoms. The van der Waals surface area contributed by atoms with Gasteiger partial charge >= 0.3 is 17.9 Å². The average molecular weight is 867 g/mol. The Balaban J connectivity index is 4.35. The Bertz CT molecular complexity index is 1130. The number of unbranched alkanes of at least 4 members (excludes halogenated alkanes) is 26. The highest BCUT2D eigenvalue weighted by atomic mass is 16.6. The van der Waals surface area contributed by atoms with E-state index in [2.05, 4.69) is 81.5 Å². The molecule has 1 atom stereocenters. The van der Waals surface area contributed by atoms with E-state index in [4.69, 9.17) is 14.2 Å². The third-order valence-electron chi connectivity index (χ3n) is 11.3. The number of carbonyl (C=O) groups is 3. The molecule has 1 unspecified atom stereocenters. The standard InChI is InChI=1S/C56H98O6/c1-4-7-10-13-16-19-21-23-25-27-29-30-32-34-37-40-43-46-49-55(58)61-52-53(51-60-54(57)48-45-42-39-36-18-15-12-9-6-3)62-56(59)50-47-44-41-38-35-33-31-28-26-24-22-20-17-14-11-8-5-2/h8,11,17,20,24-27,31,33,53H,4-7,9-10,12-16,18-19,21-23,28-30,32,34-52H2,1-3H3/b11-8-,20-17-,26-24-,27-25-,33-31-. The minimum Gasteiger partial charge on any atom is -0.462 e. The number of rotatable bonds is 47. The van der Waals surface area contributed by atoms with Gasteiger partial charge in [-0.1, -0.05) is 216 Å². The molecule has 0 aromatic heterocycles. The Labute approximate surface area is 383 Å². The number of hydrogen-bond donors (Lipinski definition) is 0. The van der Waals surface area contributed by atoms with Crippen molar-refractivity contribution in [3.8, 4) is 0 Å². The van der Waals surface area contributed by atoms with Gasteiger partial charge in [0.15, 0.2) is 6.10 Å². The first kappa shape index (κ1) is 59.1. The van der Waals surface area contributed by atoms with Gasteiger partial charge in [-0.2, -0.15) is 0 Å². The van der Waals surface area contributed by atoms with Crippen LogP contribution in [0.1, 0.15) is 258 Å². The van der Waals surface area contributed by atoms with Crippen molar-refractivity contribution in [2.24, 2.45) is 0 Å². The lowest BCUT2D eigenvalue weighted by Crippen LogP contribution is -2.30. The fourth-order valence-corrected chi connectivity index (χ4v) is 7.31. The van der Waals surface area contributed by atoms with E-state index in [1.165, 1.54) is 122 Å². The molecule has 0 rings (SSSR count). The Morgan fingerprint density at radius 1 is 0.339 bits per heavy atom. The first-order valence-corrected chi connectivity index (χ1v) is 26.3. The highest BCUT2D eigenvalue weighted by molar-refractivity contribution is 5.71. The van der Waals surface area contributed by atoms with Crippen LogP contribution in [-0.4, -0.2) is 37.2 Å². The van der Waals surface area contributed by atoms with Gasteiger partial charge in [-0.05, 0) is 83.5 Å². The molecule has 0 aliphatic heterocycles. The Morgan fingerprint density at radius 3 is 1.00 bits per heavy atom. The summed E-state index contributed by atoms with van der Waals surface area (Å²) in [6.07, 6.45) is 62.1. The molecule has 0 saturated heterocycles. The molecule has 358 valence electrons. The van der Waals surface area contributed by atoms with Crippen molar-refractivity contribution in [1.29, 1.82) is 0 Å². The molecule has 0 amide bonds. The molecule has 6 nitrogen and oxygen atoms in total. The topological polar surface area (TPSA) is 78.9 Å². The van der Waals surface area contributed by atoms with Crippen LogP contribution in [0, 0.1) is 0 Å². The zero-order valence-corrected chi connectivity index (χ0v) is 40.9. The summed E-state index contributed by atoms with van der Waals surface area (Å²) in [6.45, 7) is 6.49. The van der Waals surface area contributed by atoms with Crippen molar-refractivity contribution in [3.05, 3.63) is 60.8 Å². The molecular weight excluding hydrogens is 769 g/mol. The van der Waals surface area contributed by atoms with Gasteiger partial charge < -0.3 is 14.2 Å². The fourth-order valence-electron chi connectivity index (χ4n) is 7.31. The van der Waals surface area contributed by atoms with Crippen molar-refractivity contribution >= 4 is 17.9 Å². The molecule has 62 heavy (non-hydrogen) atoms. The summed E-state index contributed by atoms with van der Waals surface area (Å²) in [7, 11) is 0. The van der Waals surface area contributed by atoms with Crippen LogP contribution in [0.2, 0.25) is 0 Å². The lowest BCUT2D eigenvalue weighted by molar-refractivity contribution is -0.167. The first-order valence-electron chi connectivity index (χ1n) is 26.3. The molecule has 0 saturated carbocycles. The maximum atomic E-state index is 12.8. The van der Waals surface area contributed by atoms with Crippen LogP contribution >= 0.6 is 0 Å². The molecular formula is C56H98O6. The summed E-state index contributed by atoms with van der Waals surface area (Å²) in [5.41, 5.74) is 0. The lowest BCUT2D eigenvalue weighted by Gasteiger charge is -2.18. The maximum Gasteiger partial charge on any atom is 0.306 e. The summed E-state index contributed by atoms with van der Waals surface area (Å²) in [6, 6.07) is 0. The molecule has 6 heteroatoms. The highest BCUT2D eigenvalue weighted by Crippen LogP contribution is 2.14.